The number of ketones is 1. The summed E-state index contributed by atoms with van der Waals surface area (Å²) in [4.78, 5) is 24.0. The molecule has 23 heavy (non-hydrogen) atoms. The predicted molar refractivity (Wildman–Crippen MR) is 85.0 cm³/mol. The van der Waals surface area contributed by atoms with Gasteiger partial charge in [0.2, 0.25) is 5.95 Å². The quantitative estimate of drug-likeness (QED) is 0.810. The number of nitrogens with zero attached hydrogens (tertiary/aromatic N) is 4. The number of carbonyl (C=O) groups excluding carboxylic acids is 1. The largest absolute Gasteiger partial charge is 0.322 e. The molecule has 4 rings (SSSR count). The van der Waals surface area contributed by atoms with E-state index in [0.717, 1.165) is 22.5 Å². The molecular weight excluding hydrogens is 288 g/mol. The summed E-state index contributed by atoms with van der Waals surface area (Å²) < 4.78 is 0. The highest BCUT2D eigenvalue weighted by molar-refractivity contribution is 6.06. The van der Waals surface area contributed by atoms with Crippen LogP contribution in [-0.2, 0) is 0 Å². The van der Waals surface area contributed by atoms with Gasteiger partial charge in [0.15, 0.2) is 5.78 Å². The molecule has 5 nitrogen and oxygen atoms in total. The van der Waals surface area contributed by atoms with Crippen LogP contribution in [0, 0.1) is 31.1 Å². The number of benzene rings is 1. The van der Waals surface area contributed by atoms with Crippen molar-refractivity contribution >= 4 is 11.7 Å². The predicted octanol–water partition coefficient (Wildman–Crippen LogP) is 2.75. The Kier molecular flexibility index (Phi) is 2.95. The number of hydrogen-bond acceptors (Lipinski definition) is 5. The van der Waals surface area contributed by atoms with Crippen molar-refractivity contribution in [3.05, 3.63) is 52.8 Å². The molecule has 0 radical (unpaired) electrons. The Morgan fingerprint density at radius 3 is 2.61 bits per heavy atom. The summed E-state index contributed by atoms with van der Waals surface area (Å²) >= 11 is 0. The molecular formula is C18H16N4O. The minimum absolute atomic E-state index is 0.00339. The van der Waals surface area contributed by atoms with Gasteiger partial charge in [-0.15, -0.1) is 0 Å². The first-order valence-electron chi connectivity index (χ1n) is 7.73. The van der Waals surface area contributed by atoms with E-state index in [0.29, 0.717) is 12.4 Å². The smallest absolute Gasteiger partial charge is 0.226 e. The molecule has 5 heteroatoms. The van der Waals surface area contributed by atoms with Crippen molar-refractivity contribution in [2.24, 2.45) is 5.92 Å². The molecule has 2 aliphatic rings. The minimum atomic E-state index is -0.485. The zero-order valence-electron chi connectivity index (χ0n) is 13.0. The van der Waals surface area contributed by atoms with Crippen molar-refractivity contribution in [2.45, 2.75) is 32.4 Å². The van der Waals surface area contributed by atoms with Crippen molar-refractivity contribution in [1.82, 2.24) is 9.97 Å². The summed E-state index contributed by atoms with van der Waals surface area (Å²) in [7, 11) is 0. The Bertz CT molecular complexity index is 834. The van der Waals surface area contributed by atoms with Crippen LogP contribution >= 0.6 is 0 Å². The highest BCUT2D eigenvalue weighted by atomic mass is 16.1. The number of aryl methyl sites for hydroxylation is 2. The second-order valence-electron chi connectivity index (χ2n) is 6.24. The highest BCUT2D eigenvalue weighted by Crippen LogP contribution is 2.47. The van der Waals surface area contributed by atoms with Crippen LogP contribution < -0.4 is 4.90 Å². The topological polar surface area (TPSA) is 69.9 Å². The second kappa shape index (κ2) is 4.88. The molecule has 0 amide bonds. The SMILES string of the molecule is Cc1cc(C)nc(N2C3C[C@@H](C#N)C2C(=O)c2ccccc23)n1. The Morgan fingerprint density at radius 2 is 1.91 bits per heavy atom. The number of hydrogen-bond donors (Lipinski definition) is 0. The summed E-state index contributed by atoms with van der Waals surface area (Å²) in [5.74, 6) is 0.228. The molecule has 1 aromatic heterocycles. The highest BCUT2D eigenvalue weighted by Gasteiger charge is 2.52. The molecule has 2 aromatic rings. The first-order chi connectivity index (χ1) is 11.1. The summed E-state index contributed by atoms with van der Waals surface area (Å²) in [6.45, 7) is 3.84. The molecule has 2 unspecified atom stereocenters. The van der Waals surface area contributed by atoms with Gasteiger partial charge >= 0.3 is 0 Å². The van der Waals surface area contributed by atoms with E-state index in [2.05, 4.69) is 16.0 Å². The second-order valence-corrected chi connectivity index (χ2v) is 6.24. The average Bonchev–Trinajstić information content (AvgIpc) is 2.87. The van der Waals surface area contributed by atoms with Crippen LogP contribution in [0.1, 0.15) is 39.8 Å². The van der Waals surface area contributed by atoms with E-state index in [1.807, 2.05) is 49.1 Å². The van der Waals surface area contributed by atoms with E-state index in [9.17, 15) is 10.1 Å². The van der Waals surface area contributed by atoms with E-state index in [-0.39, 0.29) is 17.7 Å². The standard InChI is InChI=1S/C18H16N4O/c1-10-7-11(2)21-18(20-10)22-15-8-12(9-19)16(22)17(23)14-6-4-3-5-13(14)15/h3-7,12,15-16H,8H2,1-2H3/t12-,15?,16?/m0/s1. The molecule has 0 aliphatic carbocycles. The van der Waals surface area contributed by atoms with Gasteiger partial charge in [-0.05, 0) is 31.9 Å². The molecule has 114 valence electrons. The zero-order valence-corrected chi connectivity index (χ0v) is 13.0. The van der Waals surface area contributed by atoms with Crippen molar-refractivity contribution in [3.63, 3.8) is 0 Å². The van der Waals surface area contributed by atoms with E-state index in [1.54, 1.807) is 0 Å². The molecule has 0 saturated carbocycles. The number of carbonyl (C=O) groups is 1. The molecule has 1 aromatic carbocycles. The van der Waals surface area contributed by atoms with E-state index in [4.69, 9.17) is 0 Å². The molecule has 3 atom stereocenters. The zero-order chi connectivity index (χ0) is 16.1. The van der Waals surface area contributed by atoms with Gasteiger partial charge in [0.05, 0.1) is 18.0 Å². The van der Waals surface area contributed by atoms with Crippen LogP contribution in [0.3, 0.4) is 0 Å². The number of fused-ring (bicyclic) bond motifs is 4. The normalized spacial score (nSPS) is 25.2. The Balaban J connectivity index is 1.91. The third-order valence-electron chi connectivity index (χ3n) is 4.71. The van der Waals surface area contributed by atoms with Crippen LogP contribution in [0.4, 0.5) is 5.95 Å². The summed E-state index contributed by atoms with van der Waals surface area (Å²) in [6, 6.07) is 11.4. The number of nitriles is 1. The van der Waals surface area contributed by atoms with Crippen LogP contribution in [0.5, 0.6) is 0 Å². The van der Waals surface area contributed by atoms with Crippen molar-refractivity contribution in [3.8, 4) is 6.07 Å². The van der Waals surface area contributed by atoms with Gasteiger partial charge in [-0.1, -0.05) is 24.3 Å². The summed E-state index contributed by atoms with van der Waals surface area (Å²) in [6.07, 6.45) is 0.639. The number of aromatic nitrogens is 2. The van der Waals surface area contributed by atoms with Gasteiger partial charge < -0.3 is 4.90 Å². The van der Waals surface area contributed by atoms with Crippen LogP contribution in [0.15, 0.2) is 30.3 Å². The Morgan fingerprint density at radius 1 is 1.22 bits per heavy atom. The van der Waals surface area contributed by atoms with E-state index < -0.39 is 6.04 Å². The van der Waals surface area contributed by atoms with Gasteiger partial charge in [-0.25, -0.2) is 9.97 Å². The third-order valence-corrected chi connectivity index (χ3v) is 4.71. The molecule has 1 saturated heterocycles. The maximum atomic E-state index is 12.9. The fourth-order valence-corrected chi connectivity index (χ4v) is 3.84. The van der Waals surface area contributed by atoms with Crippen molar-refractivity contribution in [1.29, 1.82) is 5.26 Å². The maximum Gasteiger partial charge on any atom is 0.226 e. The van der Waals surface area contributed by atoms with Gasteiger partial charge in [-0.3, -0.25) is 4.79 Å². The first kappa shape index (κ1) is 13.9. The molecule has 2 bridgehead atoms. The average molecular weight is 304 g/mol. The monoisotopic (exact) mass is 304 g/mol. The fourth-order valence-electron chi connectivity index (χ4n) is 3.84. The number of anilines is 1. The molecule has 0 spiro atoms. The number of Topliss-reactive ketones (excluding diaryl/α,β-unsaturated/α-hetero) is 1. The van der Waals surface area contributed by atoms with Gasteiger partial charge in [-0.2, -0.15) is 5.26 Å². The van der Waals surface area contributed by atoms with Gasteiger partial charge in [0.25, 0.3) is 0 Å². The van der Waals surface area contributed by atoms with Gasteiger partial charge in [0, 0.05) is 17.0 Å². The molecule has 0 N–H and O–H groups in total. The number of rotatable bonds is 1. The van der Waals surface area contributed by atoms with Crippen LogP contribution in [0.25, 0.3) is 0 Å². The Hall–Kier alpha value is -2.74. The lowest BCUT2D eigenvalue weighted by Gasteiger charge is -2.35. The van der Waals surface area contributed by atoms with Gasteiger partial charge in [0.1, 0.15) is 6.04 Å². The Labute approximate surface area is 134 Å². The van der Waals surface area contributed by atoms with Crippen molar-refractivity contribution < 1.29 is 4.79 Å². The molecule has 2 aliphatic heterocycles. The maximum absolute atomic E-state index is 12.9. The molecule has 3 heterocycles. The van der Waals surface area contributed by atoms with Crippen LogP contribution in [0.2, 0.25) is 0 Å². The lowest BCUT2D eigenvalue weighted by atomic mass is 9.91. The van der Waals surface area contributed by atoms with E-state index in [1.165, 1.54) is 0 Å². The van der Waals surface area contributed by atoms with E-state index >= 15 is 0 Å². The fraction of sp³-hybridized carbons (Fsp3) is 0.333. The lowest BCUT2D eigenvalue weighted by molar-refractivity contribution is 0.0945. The lowest BCUT2D eigenvalue weighted by Crippen LogP contribution is -2.45. The van der Waals surface area contributed by atoms with Crippen molar-refractivity contribution in [2.75, 3.05) is 4.90 Å². The van der Waals surface area contributed by atoms with Crippen LogP contribution in [-0.4, -0.2) is 21.8 Å². The summed E-state index contributed by atoms with van der Waals surface area (Å²) in [5.41, 5.74) is 3.45. The first-order valence-corrected chi connectivity index (χ1v) is 7.73. The minimum Gasteiger partial charge on any atom is -0.322 e. The third kappa shape index (κ3) is 1.95. The molecule has 1 fully saturated rings. The summed E-state index contributed by atoms with van der Waals surface area (Å²) in [5, 5.41) is 9.51.